The minimum atomic E-state index is -3.55. The Labute approximate surface area is 142 Å². The number of hydrogen-bond acceptors (Lipinski definition) is 4. The van der Waals surface area contributed by atoms with Gasteiger partial charge in [-0.1, -0.05) is 36.6 Å². The molecule has 0 unspecified atom stereocenters. The maximum absolute atomic E-state index is 12.7. The van der Waals surface area contributed by atoms with Gasteiger partial charge in [-0.3, -0.25) is 4.90 Å². The van der Waals surface area contributed by atoms with E-state index in [9.17, 15) is 13.5 Å². The van der Waals surface area contributed by atoms with E-state index >= 15 is 0 Å². The second kappa shape index (κ2) is 7.07. The van der Waals surface area contributed by atoms with E-state index in [1.807, 2.05) is 0 Å². The molecule has 1 N–H and O–H groups in total. The fourth-order valence-electron chi connectivity index (χ4n) is 3.59. The van der Waals surface area contributed by atoms with E-state index in [2.05, 4.69) is 4.90 Å². The molecule has 128 valence electrons. The lowest BCUT2D eigenvalue weighted by Crippen LogP contribution is -2.55. The van der Waals surface area contributed by atoms with Crippen LogP contribution in [0.2, 0.25) is 5.02 Å². The Morgan fingerprint density at radius 1 is 1.04 bits per heavy atom. The number of rotatable bonds is 3. The Morgan fingerprint density at radius 2 is 1.70 bits per heavy atom. The molecule has 0 spiro atoms. The molecule has 2 atom stereocenters. The van der Waals surface area contributed by atoms with E-state index in [1.54, 1.807) is 24.3 Å². The average Bonchev–Trinajstić information content (AvgIpc) is 2.56. The van der Waals surface area contributed by atoms with Gasteiger partial charge in [0.05, 0.1) is 11.1 Å². The Bertz CT molecular complexity index is 644. The van der Waals surface area contributed by atoms with E-state index in [-0.39, 0.29) is 22.1 Å². The fourth-order valence-corrected chi connectivity index (χ4v) is 5.50. The third-order valence-corrected chi connectivity index (χ3v) is 7.29. The van der Waals surface area contributed by atoms with E-state index in [0.717, 1.165) is 25.7 Å². The van der Waals surface area contributed by atoms with Crippen molar-refractivity contribution in [2.75, 3.05) is 26.2 Å². The van der Waals surface area contributed by atoms with Gasteiger partial charge in [0.2, 0.25) is 10.0 Å². The number of benzene rings is 1. The molecule has 1 aliphatic heterocycles. The molecule has 0 radical (unpaired) electrons. The highest BCUT2D eigenvalue weighted by molar-refractivity contribution is 7.89. The normalized spacial score (nSPS) is 27.9. The molecule has 23 heavy (non-hydrogen) atoms. The first-order valence-corrected chi connectivity index (χ1v) is 9.99. The third-order valence-electron chi connectivity index (χ3n) is 4.89. The van der Waals surface area contributed by atoms with E-state index in [4.69, 9.17) is 11.6 Å². The highest BCUT2D eigenvalue weighted by Crippen LogP contribution is 2.27. The molecule has 5 nitrogen and oxygen atoms in total. The molecule has 1 saturated heterocycles. The molecular formula is C16H23ClN2O3S. The summed E-state index contributed by atoms with van der Waals surface area (Å²) in [6.07, 6.45) is 3.79. The number of sulfonamides is 1. The van der Waals surface area contributed by atoms with Gasteiger partial charge in [0.15, 0.2) is 0 Å². The Morgan fingerprint density at radius 3 is 2.35 bits per heavy atom. The summed E-state index contributed by atoms with van der Waals surface area (Å²) in [5.41, 5.74) is 0. The van der Waals surface area contributed by atoms with Gasteiger partial charge in [-0.15, -0.1) is 0 Å². The van der Waals surface area contributed by atoms with E-state index in [0.29, 0.717) is 26.2 Å². The number of hydrogen-bond donors (Lipinski definition) is 1. The molecule has 1 aromatic carbocycles. The van der Waals surface area contributed by atoms with Crippen molar-refractivity contribution in [3.05, 3.63) is 29.3 Å². The summed E-state index contributed by atoms with van der Waals surface area (Å²) in [5, 5.41) is 10.4. The molecule has 0 aromatic heterocycles. The van der Waals surface area contributed by atoms with Crippen LogP contribution in [0.5, 0.6) is 0 Å². The van der Waals surface area contributed by atoms with Crippen molar-refractivity contribution in [2.45, 2.75) is 42.7 Å². The van der Waals surface area contributed by atoms with E-state index in [1.165, 1.54) is 4.31 Å². The van der Waals surface area contributed by atoms with Crippen LogP contribution in [0, 0.1) is 0 Å². The number of nitrogens with zero attached hydrogens (tertiary/aromatic N) is 2. The molecule has 2 fully saturated rings. The van der Waals surface area contributed by atoms with Gasteiger partial charge in [-0.05, 0) is 25.0 Å². The van der Waals surface area contributed by atoms with Crippen LogP contribution in [-0.4, -0.2) is 61.1 Å². The van der Waals surface area contributed by atoms with Crippen LogP contribution in [0.3, 0.4) is 0 Å². The Balaban J connectivity index is 1.68. The predicted octanol–water partition coefficient (Wildman–Crippen LogP) is 1.95. The van der Waals surface area contributed by atoms with Crippen LogP contribution >= 0.6 is 11.6 Å². The molecule has 1 heterocycles. The second-order valence-electron chi connectivity index (χ2n) is 6.29. The molecular weight excluding hydrogens is 336 g/mol. The third kappa shape index (κ3) is 3.56. The van der Waals surface area contributed by atoms with Crippen LogP contribution in [0.4, 0.5) is 0 Å². The summed E-state index contributed by atoms with van der Waals surface area (Å²) in [6.45, 7) is 2.20. The van der Waals surface area contributed by atoms with Gasteiger partial charge < -0.3 is 5.11 Å². The zero-order valence-corrected chi connectivity index (χ0v) is 14.6. The Kier molecular flexibility index (Phi) is 5.28. The maximum Gasteiger partial charge on any atom is 0.244 e. The molecule has 0 bridgehead atoms. The van der Waals surface area contributed by atoms with Gasteiger partial charge >= 0.3 is 0 Å². The summed E-state index contributed by atoms with van der Waals surface area (Å²) >= 11 is 6.05. The molecule has 2 aliphatic rings. The smallest absolute Gasteiger partial charge is 0.244 e. The van der Waals surface area contributed by atoms with Gasteiger partial charge in [-0.2, -0.15) is 4.31 Å². The number of halogens is 1. The average molecular weight is 359 g/mol. The lowest BCUT2D eigenvalue weighted by Gasteiger charge is -2.42. The summed E-state index contributed by atoms with van der Waals surface area (Å²) in [6, 6.07) is 6.74. The van der Waals surface area contributed by atoms with Crippen molar-refractivity contribution in [3.8, 4) is 0 Å². The fraction of sp³-hybridized carbons (Fsp3) is 0.625. The summed E-state index contributed by atoms with van der Waals surface area (Å²) in [5.74, 6) is 0. The van der Waals surface area contributed by atoms with Gasteiger partial charge in [0.25, 0.3) is 0 Å². The first kappa shape index (κ1) is 17.2. The van der Waals surface area contributed by atoms with Crippen LogP contribution in [0.25, 0.3) is 0 Å². The van der Waals surface area contributed by atoms with E-state index < -0.39 is 10.0 Å². The van der Waals surface area contributed by atoms with Gasteiger partial charge in [0.1, 0.15) is 4.90 Å². The SMILES string of the molecule is O=S(=O)(c1ccccc1Cl)N1CCN([C@H]2CCCC[C@@H]2O)CC1. The predicted molar refractivity (Wildman–Crippen MR) is 90.0 cm³/mol. The largest absolute Gasteiger partial charge is 0.391 e. The summed E-state index contributed by atoms with van der Waals surface area (Å²) < 4.78 is 27.0. The van der Waals surface area contributed by atoms with Crippen LogP contribution in [-0.2, 0) is 10.0 Å². The molecule has 1 aromatic rings. The summed E-state index contributed by atoms with van der Waals surface area (Å²) in [4.78, 5) is 2.41. The number of piperazine rings is 1. The second-order valence-corrected chi connectivity index (χ2v) is 8.60. The number of aliphatic hydroxyl groups is 1. The first-order chi connectivity index (χ1) is 11.0. The minimum absolute atomic E-state index is 0.174. The zero-order chi connectivity index (χ0) is 16.4. The van der Waals surface area contributed by atoms with Crippen molar-refractivity contribution in [1.82, 2.24) is 9.21 Å². The first-order valence-electron chi connectivity index (χ1n) is 8.17. The van der Waals surface area contributed by atoms with Gasteiger partial charge in [0, 0.05) is 32.2 Å². The highest BCUT2D eigenvalue weighted by atomic mass is 35.5. The summed E-state index contributed by atoms with van der Waals surface area (Å²) in [7, 11) is -3.55. The van der Waals surface area contributed by atoms with Crippen LogP contribution in [0.15, 0.2) is 29.2 Å². The van der Waals surface area contributed by atoms with Crippen molar-refractivity contribution in [1.29, 1.82) is 0 Å². The zero-order valence-electron chi connectivity index (χ0n) is 13.1. The standard InChI is InChI=1S/C16H23ClN2O3S/c17-13-5-1-4-8-16(13)23(21,22)19-11-9-18(10-12-19)14-6-2-3-7-15(14)20/h1,4-5,8,14-15,20H,2-3,6-7,9-12H2/t14-,15-/m0/s1. The molecule has 3 rings (SSSR count). The quantitative estimate of drug-likeness (QED) is 0.897. The van der Waals surface area contributed by atoms with Gasteiger partial charge in [-0.25, -0.2) is 8.42 Å². The highest BCUT2D eigenvalue weighted by Gasteiger charge is 2.34. The monoisotopic (exact) mass is 358 g/mol. The lowest BCUT2D eigenvalue weighted by molar-refractivity contribution is 0.00640. The van der Waals surface area contributed by atoms with Crippen molar-refractivity contribution >= 4 is 21.6 Å². The van der Waals surface area contributed by atoms with Crippen molar-refractivity contribution in [3.63, 3.8) is 0 Å². The Hall–Kier alpha value is -0.660. The molecule has 1 aliphatic carbocycles. The minimum Gasteiger partial charge on any atom is -0.391 e. The topological polar surface area (TPSA) is 60.9 Å². The van der Waals surface area contributed by atoms with Crippen LogP contribution < -0.4 is 0 Å². The molecule has 7 heteroatoms. The molecule has 0 amide bonds. The maximum atomic E-state index is 12.7. The lowest BCUT2D eigenvalue weighted by atomic mass is 9.91. The van der Waals surface area contributed by atoms with Crippen molar-refractivity contribution < 1.29 is 13.5 Å². The van der Waals surface area contributed by atoms with Crippen molar-refractivity contribution in [2.24, 2.45) is 0 Å². The molecule has 1 saturated carbocycles. The van der Waals surface area contributed by atoms with Crippen LogP contribution in [0.1, 0.15) is 25.7 Å². The number of aliphatic hydroxyl groups excluding tert-OH is 1.